The molecule has 0 aliphatic carbocycles. The summed E-state index contributed by atoms with van der Waals surface area (Å²) < 4.78 is 19.3. The number of para-hydroxylation sites is 1. The number of methoxy groups -OCH3 is 1. The Morgan fingerprint density at radius 3 is 2.64 bits per heavy atom. The lowest BCUT2D eigenvalue weighted by molar-refractivity contribution is 0.410. The first-order chi connectivity index (χ1) is 10.6. The molecule has 1 heterocycles. The predicted molar refractivity (Wildman–Crippen MR) is 83.3 cm³/mol. The van der Waals surface area contributed by atoms with E-state index >= 15 is 0 Å². The number of benzene rings is 2. The van der Waals surface area contributed by atoms with E-state index in [1.807, 2.05) is 24.3 Å². The Balaban J connectivity index is 2.15. The molecule has 112 valence electrons. The fourth-order valence-electron chi connectivity index (χ4n) is 2.49. The number of aryl methyl sites for hydroxylation is 1. The molecule has 0 bridgehead atoms. The molecule has 5 heteroatoms. The number of rotatable bonds is 3. The summed E-state index contributed by atoms with van der Waals surface area (Å²) in [5, 5.41) is 0.829. The lowest BCUT2D eigenvalue weighted by Gasteiger charge is -2.16. The average Bonchev–Trinajstić information content (AvgIpc) is 2.53. The van der Waals surface area contributed by atoms with Crippen molar-refractivity contribution in [2.45, 2.75) is 13.0 Å². The zero-order valence-corrected chi connectivity index (χ0v) is 12.4. The van der Waals surface area contributed by atoms with Crippen LogP contribution in [0.1, 0.15) is 23.1 Å². The molecule has 3 aromatic rings. The SMILES string of the molecule is COc1ccc(C(N)c2nc(C)nc3ccccc23)c(F)c1. The maximum absolute atomic E-state index is 14.3. The quantitative estimate of drug-likeness (QED) is 0.807. The molecule has 2 aromatic carbocycles. The molecule has 0 saturated heterocycles. The number of aromatic nitrogens is 2. The molecule has 3 rings (SSSR count). The van der Waals surface area contributed by atoms with Crippen LogP contribution >= 0.6 is 0 Å². The zero-order valence-electron chi connectivity index (χ0n) is 12.4. The minimum absolute atomic E-state index is 0.379. The van der Waals surface area contributed by atoms with Gasteiger partial charge in [0.2, 0.25) is 0 Å². The van der Waals surface area contributed by atoms with Gasteiger partial charge in [0, 0.05) is 17.0 Å². The van der Waals surface area contributed by atoms with Gasteiger partial charge in [-0.15, -0.1) is 0 Å². The van der Waals surface area contributed by atoms with E-state index in [2.05, 4.69) is 9.97 Å². The van der Waals surface area contributed by atoms with Crippen molar-refractivity contribution in [3.8, 4) is 5.75 Å². The molecule has 0 radical (unpaired) electrons. The molecule has 0 fully saturated rings. The number of nitrogens with two attached hydrogens (primary N) is 1. The Kier molecular flexibility index (Phi) is 3.73. The first-order valence-electron chi connectivity index (χ1n) is 6.92. The molecule has 22 heavy (non-hydrogen) atoms. The third kappa shape index (κ3) is 2.51. The molecule has 2 N–H and O–H groups in total. The predicted octanol–water partition coefficient (Wildman–Crippen LogP) is 3.13. The van der Waals surface area contributed by atoms with Crippen molar-refractivity contribution in [2.24, 2.45) is 5.73 Å². The molecule has 1 unspecified atom stereocenters. The van der Waals surface area contributed by atoms with Crippen LogP contribution < -0.4 is 10.5 Å². The normalized spacial score (nSPS) is 12.4. The van der Waals surface area contributed by atoms with Gasteiger partial charge in [0.05, 0.1) is 24.4 Å². The van der Waals surface area contributed by atoms with Crippen molar-refractivity contribution in [2.75, 3.05) is 7.11 Å². The van der Waals surface area contributed by atoms with Gasteiger partial charge in [0.1, 0.15) is 17.4 Å². The maximum atomic E-state index is 14.3. The van der Waals surface area contributed by atoms with E-state index in [0.29, 0.717) is 22.8 Å². The van der Waals surface area contributed by atoms with Gasteiger partial charge < -0.3 is 10.5 Å². The van der Waals surface area contributed by atoms with Crippen LogP contribution in [0.5, 0.6) is 5.75 Å². The first kappa shape index (κ1) is 14.4. The largest absolute Gasteiger partial charge is 0.497 e. The van der Waals surface area contributed by atoms with E-state index in [1.54, 1.807) is 19.1 Å². The van der Waals surface area contributed by atoms with Gasteiger partial charge in [0.15, 0.2) is 0 Å². The molecule has 0 aliphatic rings. The first-order valence-corrected chi connectivity index (χ1v) is 6.92. The molecule has 0 aliphatic heterocycles. The molecule has 1 aromatic heterocycles. The van der Waals surface area contributed by atoms with Crippen LogP contribution in [0, 0.1) is 12.7 Å². The second-order valence-corrected chi connectivity index (χ2v) is 5.04. The maximum Gasteiger partial charge on any atom is 0.132 e. The average molecular weight is 297 g/mol. The van der Waals surface area contributed by atoms with Crippen molar-refractivity contribution >= 4 is 10.9 Å². The van der Waals surface area contributed by atoms with Gasteiger partial charge >= 0.3 is 0 Å². The Hall–Kier alpha value is -2.53. The zero-order chi connectivity index (χ0) is 15.7. The van der Waals surface area contributed by atoms with Gasteiger partial charge in [-0.05, 0) is 19.1 Å². The molecule has 0 spiro atoms. The third-order valence-electron chi connectivity index (χ3n) is 3.58. The standard InChI is InChI=1S/C17H16FN3O/c1-10-20-15-6-4-3-5-13(15)17(21-10)16(19)12-8-7-11(22-2)9-14(12)18/h3-9,16H,19H2,1-2H3. The Labute approximate surface area is 127 Å². The van der Waals surface area contributed by atoms with E-state index in [-0.39, 0.29) is 0 Å². The Morgan fingerprint density at radius 2 is 1.91 bits per heavy atom. The molecule has 1 atom stereocenters. The second kappa shape index (κ2) is 5.69. The molecule has 0 saturated carbocycles. The van der Waals surface area contributed by atoms with Crippen molar-refractivity contribution in [3.63, 3.8) is 0 Å². The van der Waals surface area contributed by atoms with Crippen LogP contribution in [0.25, 0.3) is 10.9 Å². The number of halogens is 1. The second-order valence-electron chi connectivity index (χ2n) is 5.04. The summed E-state index contributed by atoms with van der Waals surface area (Å²) >= 11 is 0. The highest BCUT2D eigenvalue weighted by molar-refractivity contribution is 5.81. The van der Waals surface area contributed by atoms with Gasteiger partial charge in [-0.25, -0.2) is 14.4 Å². The Bertz CT molecular complexity index is 835. The van der Waals surface area contributed by atoms with E-state index < -0.39 is 11.9 Å². The number of fused-ring (bicyclic) bond motifs is 1. The Morgan fingerprint density at radius 1 is 1.14 bits per heavy atom. The van der Waals surface area contributed by atoms with Crippen LogP contribution in [0.15, 0.2) is 42.5 Å². The van der Waals surface area contributed by atoms with E-state index in [4.69, 9.17) is 10.5 Å². The summed E-state index contributed by atoms with van der Waals surface area (Å²) in [6.45, 7) is 1.80. The molecular formula is C17H16FN3O. The fourth-order valence-corrected chi connectivity index (χ4v) is 2.49. The summed E-state index contributed by atoms with van der Waals surface area (Å²) in [6, 6.07) is 11.6. The number of hydrogen-bond donors (Lipinski definition) is 1. The number of ether oxygens (including phenoxy) is 1. The summed E-state index contributed by atoms with van der Waals surface area (Å²) in [7, 11) is 1.50. The third-order valence-corrected chi connectivity index (χ3v) is 3.58. The lowest BCUT2D eigenvalue weighted by atomic mass is 10.00. The molecule has 0 amide bonds. The summed E-state index contributed by atoms with van der Waals surface area (Å²) in [5.41, 5.74) is 8.07. The number of hydrogen-bond acceptors (Lipinski definition) is 4. The van der Waals surface area contributed by atoms with E-state index in [0.717, 1.165) is 10.9 Å². The van der Waals surface area contributed by atoms with Crippen molar-refractivity contribution < 1.29 is 9.13 Å². The minimum Gasteiger partial charge on any atom is -0.497 e. The minimum atomic E-state index is -0.669. The summed E-state index contributed by atoms with van der Waals surface area (Å²) in [4.78, 5) is 8.81. The number of nitrogens with zero attached hydrogens (tertiary/aromatic N) is 2. The van der Waals surface area contributed by atoms with Gasteiger partial charge in [-0.3, -0.25) is 0 Å². The topological polar surface area (TPSA) is 61.0 Å². The van der Waals surface area contributed by atoms with E-state index in [1.165, 1.54) is 13.2 Å². The van der Waals surface area contributed by atoms with Crippen LogP contribution in [-0.4, -0.2) is 17.1 Å². The highest BCUT2D eigenvalue weighted by Crippen LogP contribution is 2.28. The highest BCUT2D eigenvalue weighted by atomic mass is 19.1. The molecular weight excluding hydrogens is 281 g/mol. The van der Waals surface area contributed by atoms with Crippen molar-refractivity contribution in [1.82, 2.24) is 9.97 Å². The fraction of sp³-hybridized carbons (Fsp3) is 0.176. The smallest absolute Gasteiger partial charge is 0.132 e. The molecule has 4 nitrogen and oxygen atoms in total. The highest BCUT2D eigenvalue weighted by Gasteiger charge is 2.19. The van der Waals surface area contributed by atoms with Gasteiger partial charge in [0.25, 0.3) is 0 Å². The lowest BCUT2D eigenvalue weighted by Crippen LogP contribution is -2.16. The van der Waals surface area contributed by atoms with Crippen LogP contribution in [0.3, 0.4) is 0 Å². The van der Waals surface area contributed by atoms with Gasteiger partial charge in [-0.2, -0.15) is 0 Å². The van der Waals surface area contributed by atoms with Crippen molar-refractivity contribution in [1.29, 1.82) is 0 Å². The van der Waals surface area contributed by atoms with Crippen LogP contribution in [0.2, 0.25) is 0 Å². The monoisotopic (exact) mass is 297 g/mol. The van der Waals surface area contributed by atoms with Gasteiger partial charge in [-0.1, -0.05) is 24.3 Å². The summed E-state index contributed by atoms with van der Waals surface area (Å²) in [5.74, 6) is 0.655. The summed E-state index contributed by atoms with van der Waals surface area (Å²) in [6.07, 6.45) is 0. The van der Waals surface area contributed by atoms with Crippen LogP contribution in [0.4, 0.5) is 4.39 Å². The van der Waals surface area contributed by atoms with Crippen LogP contribution in [-0.2, 0) is 0 Å². The van der Waals surface area contributed by atoms with Crippen molar-refractivity contribution in [3.05, 3.63) is 65.4 Å². The van der Waals surface area contributed by atoms with E-state index in [9.17, 15) is 4.39 Å².